The van der Waals surface area contributed by atoms with Gasteiger partial charge in [0.05, 0.1) is 0 Å². The molecule has 0 radical (unpaired) electrons. The molecule has 1 aliphatic heterocycles. The van der Waals surface area contributed by atoms with Crippen molar-refractivity contribution in [2.24, 2.45) is 0 Å². The fourth-order valence-corrected chi connectivity index (χ4v) is 2.98. The lowest BCUT2D eigenvalue weighted by molar-refractivity contribution is 0.114. The maximum atomic E-state index is 13.1. The molecule has 1 aliphatic rings. The van der Waals surface area contributed by atoms with Gasteiger partial charge in [0.15, 0.2) is 0 Å². The van der Waals surface area contributed by atoms with Crippen LogP contribution in [0.4, 0.5) is 4.39 Å². The summed E-state index contributed by atoms with van der Waals surface area (Å²) in [6.07, 6.45) is 1.84. The first-order chi connectivity index (χ1) is 12.2. The third-order valence-corrected chi connectivity index (χ3v) is 4.49. The third kappa shape index (κ3) is 5.41. The van der Waals surface area contributed by atoms with E-state index in [0.717, 1.165) is 45.8 Å². The molecule has 1 aromatic carbocycles. The second-order valence-electron chi connectivity index (χ2n) is 6.22. The molecule has 6 heteroatoms. The number of ether oxygens (including phenoxy) is 1. The van der Waals surface area contributed by atoms with Gasteiger partial charge in [-0.15, -0.1) is 0 Å². The predicted molar refractivity (Wildman–Crippen MR) is 95.5 cm³/mol. The topological polar surface area (TPSA) is 37.7 Å². The number of nitrogens with zero attached hydrogens (tertiary/aromatic N) is 3. The van der Waals surface area contributed by atoms with Gasteiger partial charge in [-0.2, -0.15) is 0 Å². The van der Waals surface area contributed by atoms with Gasteiger partial charge in [0.2, 0.25) is 0 Å². The Kier molecular flexibility index (Phi) is 6.19. The minimum absolute atomic E-state index is 0.0515. The lowest BCUT2D eigenvalue weighted by atomic mass is 10.3. The third-order valence-electron chi connectivity index (χ3n) is 4.49. The zero-order valence-corrected chi connectivity index (χ0v) is 14.3. The highest BCUT2D eigenvalue weighted by Gasteiger charge is 2.16. The molecule has 1 fully saturated rings. The number of hydrogen-bond acceptors (Lipinski definition) is 4. The zero-order chi connectivity index (χ0) is 17.5. The molecular weight excluding hydrogens is 321 g/mol. The van der Waals surface area contributed by atoms with Crippen LogP contribution < -0.4 is 10.3 Å². The Morgan fingerprint density at radius 1 is 0.920 bits per heavy atom. The first-order valence-electron chi connectivity index (χ1n) is 8.69. The number of hydrogen-bond donors (Lipinski definition) is 0. The summed E-state index contributed by atoms with van der Waals surface area (Å²) >= 11 is 0. The fraction of sp³-hybridized carbons (Fsp3) is 0.421. The van der Waals surface area contributed by atoms with Gasteiger partial charge in [-0.25, -0.2) is 4.39 Å². The highest BCUT2D eigenvalue weighted by Crippen LogP contribution is 2.12. The maximum absolute atomic E-state index is 13.1. The lowest BCUT2D eigenvalue weighted by Gasteiger charge is -2.34. The molecule has 0 bridgehead atoms. The van der Waals surface area contributed by atoms with Gasteiger partial charge in [0.25, 0.3) is 5.56 Å². The van der Waals surface area contributed by atoms with E-state index in [2.05, 4.69) is 9.80 Å². The molecule has 0 aliphatic carbocycles. The molecule has 0 N–H and O–H groups in total. The van der Waals surface area contributed by atoms with E-state index in [1.165, 1.54) is 12.1 Å². The standard InChI is InChI=1S/C19H24FN3O2/c20-17-4-3-5-18(16-17)25-15-14-22-10-8-21(9-11-22)12-13-23-7-2-1-6-19(23)24/h1-7,16H,8-15H2. The second-order valence-corrected chi connectivity index (χ2v) is 6.22. The smallest absolute Gasteiger partial charge is 0.250 e. The van der Waals surface area contributed by atoms with Crippen LogP contribution >= 0.6 is 0 Å². The van der Waals surface area contributed by atoms with Crippen molar-refractivity contribution in [3.8, 4) is 5.75 Å². The first-order valence-corrected chi connectivity index (χ1v) is 8.69. The zero-order valence-electron chi connectivity index (χ0n) is 14.3. The van der Waals surface area contributed by atoms with Crippen molar-refractivity contribution in [2.45, 2.75) is 6.54 Å². The van der Waals surface area contributed by atoms with E-state index in [0.29, 0.717) is 12.4 Å². The monoisotopic (exact) mass is 345 g/mol. The Bertz CT molecular complexity index is 726. The summed E-state index contributed by atoms with van der Waals surface area (Å²) in [5, 5.41) is 0. The number of aromatic nitrogens is 1. The number of pyridine rings is 1. The van der Waals surface area contributed by atoms with Gasteiger partial charge in [0, 0.05) is 64.1 Å². The van der Waals surface area contributed by atoms with Crippen molar-refractivity contribution in [1.82, 2.24) is 14.4 Å². The Balaban J connectivity index is 1.34. The number of benzene rings is 1. The normalized spacial score (nSPS) is 16.0. The Hall–Kier alpha value is -2.18. The largest absolute Gasteiger partial charge is 0.492 e. The molecule has 2 aromatic rings. The lowest BCUT2D eigenvalue weighted by Crippen LogP contribution is -2.48. The quantitative estimate of drug-likeness (QED) is 0.765. The van der Waals surface area contributed by atoms with Crippen LogP contribution in [0.1, 0.15) is 0 Å². The Labute approximate surface area is 147 Å². The molecule has 134 valence electrons. The highest BCUT2D eigenvalue weighted by atomic mass is 19.1. The van der Waals surface area contributed by atoms with E-state index < -0.39 is 0 Å². The van der Waals surface area contributed by atoms with Crippen LogP contribution in [0.25, 0.3) is 0 Å². The first kappa shape index (κ1) is 17.6. The average molecular weight is 345 g/mol. The predicted octanol–water partition coefficient (Wildman–Crippen LogP) is 1.68. The van der Waals surface area contributed by atoms with E-state index in [9.17, 15) is 9.18 Å². The van der Waals surface area contributed by atoms with Gasteiger partial charge < -0.3 is 9.30 Å². The maximum Gasteiger partial charge on any atom is 0.250 e. The summed E-state index contributed by atoms with van der Waals surface area (Å²) in [7, 11) is 0. The summed E-state index contributed by atoms with van der Waals surface area (Å²) in [5.74, 6) is 0.301. The number of halogens is 1. The molecule has 1 aromatic heterocycles. The minimum Gasteiger partial charge on any atom is -0.492 e. The molecule has 2 heterocycles. The van der Waals surface area contributed by atoms with Crippen molar-refractivity contribution in [1.29, 1.82) is 0 Å². The Morgan fingerprint density at radius 2 is 1.68 bits per heavy atom. The second kappa shape index (κ2) is 8.78. The fourth-order valence-electron chi connectivity index (χ4n) is 2.98. The van der Waals surface area contributed by atoms with E-state index >= 15 is 0 Å². The number of rotatable bonds is 7. The summed E-state index contributed by atoms with van der Waals surface area (Å²) in [4.78, 5) is 16.4. The van der Waals surface area contributed by atoms with Gasteiger partial charge in [-0.3, -0.25) is 14.6 Å². The van der Waals surface area contributed by atoms with E-state index in [-0.39, 0.29) is 11.4 Å². The van der Waals surface area contributed by atoms with Crippen LogP contribution in [0.5, 0.6) is 5.75 Å². The van der Waals surface area contributed by atoms with Gasteiger partial charge in [0.1, 0.15) is 18.2 Å². The van der Waals surface area contributed by atoms with Crippen LogP contribution in [-0.2, 0) is 6.54 Å². The van der Waals surface area contributed by atoms with Crippen LogP contribution in [0.2, 0.25) is 0 Å². The SMILES string of the molecule is O=c1ccccn1CCN1CCN(CCOc2cccc(F)c2)CC1. The van der Waals surface area contributed by atoms with Gasteiger partial charge in [-0.05, 0) is 18.2 Å². The molecular formula is C19H24FN3O2. The summed E-state index contributed by atoms with van der Waals surface area (Å²) in [6.45, 7) is 6.95. The molecule has 25 heavy (non-hydrogen) atoms. The van der Waals surface area contributed by atoms with Crippen LogP contribution in [0.15, 0.2) is 53.5 Å². The van der Waals surface area contributed by atoms with Crippen molar-refractivity contribution in [3.05, 3.63) is 64.8 Å². The Morgan fingerprint density at radius 3 is 2.40 bits per heavy atom. The molecule has 0 amide bonds. The van der Waals surface area contributed by atoms with Crippen molar-refractivity contribution in [2.75, 3.05) is 45.9 Å². The molecule has 0 unspecified atom stereocenters. The van der Waals surface area contributed by atoms with Crippen molar-refractivity contribution >= 4 is 0 Å². The summed E-state index contributed by atoms with van der Waals surface area (Å²) in [5.41, 5.74) is 0.0515. The highest BCUT2D eigenvalue weighted by molar-refractivity contribution is 5.22. The van der Waals surface area contributed by atoms with E-state index in [4.69, 9.17) is 4.74 Å². The minimum atomic E-state index is -0.274. The summed E-state index contributed by atoms with van der Waals surface area (Å²) < 4.78 is 20.4. The van der Waals surface area contributed by atoms with Gasteiger partial charge in [-0.1, -0.05) is 12.1 Å². The molecule has 5 nitrogen and oxygen atoms in total. The van der Waals surface area contributed by atoms with Crippen LogP contribution in [0, 0.1) is 5.82 Å². The van der Waals surface area contributed by atoms with Gasteiger partial charge >= 0.3 is 0 Å². The van der Waals surface area contributed by atoms with Crippen LogP contribution in [-0.4, -0.2) is 60.2 Å². The molecule has 3 rings (SSSR count). The molecule has 0 spiro atoms. The van der Waals surface area contributed by atoms with Crippen molar-refractivity contribution < 1.29 is 9.13 Å². The average Bonchev–Trinajstić information content (AvgIpc) is 2.62. The van der Waals surface area contributed by atoms with Crippen molar-refractivity contribution in [3.63, 3.8) is 0 Å². The van der Waals surface area contributed by atoms with Crippen LogP contribution in [0.3, 0.4) is 0 Å². The van der Waals surface area contributed by atoms with E-state index in [1.807, 2.05) is 12.3 Å². The molecule has 1 saturated heterocycles. The van der Waals surface area contributed by atoms with E-state index in [1.54, 1.807) is 28.8 Å². The molecule has 0 atom stereocenters. The molecule has 0 saturated carbocycles. The number of piperazine rings is 1. The summed E-state index contributed by atoms with van der Waals surface area (Å²) in [6, 6.07) is 11.5.